The predicted octanol–water partition coefficient (Wildman–Crippen LogP) is 1.88. The number of hydrogen-bond donors (Lipinski definition) is 2. The van der Waals surface area contributed by atoms with Crippen LogP contribution >= 0.6 is 0 Å². The van der Waals surface area contributed by atoms with Crippen molar-refractivity contribution in [1.29, 1.82) is 0 Å². The van der Waals surface area contributed by atoms with Crippen LogP contribution in [0.3, 0.4) is 0 Å². The molecule has 1 aromatic carbocycles. The average molecular weight is 250 g/mol. The average Bonchev–Trinajstić information content (AvgIpc) is 2.29. The maximum Gasteiger partial charge on any atom is 0.304 e. The molecule has 0 fully saturated rings. The molecule has 1 atom stereocenters. The van der Waals surface area contributed by atoms with Gasteiger partial charge in [0.15, 0.2) is 0 Å². The van der Waals surface area contributed by atoms with Crippen molar-refractivity contribution in [3.63, 3.8) is 0 Å². The first-order valence-corrected chi connectivity index (χ1v) is 6.30. The molecule has 0 saturated heterocycles. The lowest BCUT2D eigenvalue weighted by molar-refractivity contribution is -0.137. The Morgan fingerprint density at radius 2 is 2.00 bits per heavy atom. The van der Waals surface area contributed by atoms with E-state index in [1.807, 2.05) is 11.9 Å². The number of carboxylic acid groups (broad SMARTS) is 1. The Morgan fingerprint density at radius 3 is 2.50 bits per heavy atom. The molecule has 3 N–H and O–H groups in total. The monoisotopic (exact) mass is 250 g/mol. The molecular formula is C14H22N2O2. The molecule has 18 heavy (non-hydrogen) atoms. The molecular weight excluding hydrogens is 228 g/mol. The zero-order valence-corrected chi connectivity index (χ0v) is 11.1. The smallest absolute Gasteiger partial charge is 0.304 e. The Balaban J connectivity index is 2.55. The molecule has 0 aliphatic rings. The summed E-state index contributed by atoms with van der Waals surface area (Å²) in [5.74, 6) is -0.853. The number of likely N-dealkylation sites (N-methyl/N-ethyl adjacent to an activating group) is 1. The molecule has 0 saturated carbocycles. The van der Waals surface area contributed by atoms with Gasteiger partial charge in [-0.05, 0) is 24.1 Å². The Kier molecular flexibility index (Phi) is 5.65. The van der Waals surface area contributed by atoms with E-state index < -0.39 is 5.97 Å². The van der Waals surface area contributed by atoms with Crippen molar-refractivity contribution in [2.75, 3.05) is 18.5 Å². The number of aryl methyl sites for hydroxylation is 1. The van der Waals surface area contributed by atoms with Gasteiger partial charge >= 0.3 is 5.97 Å². The molecule has 4 heteroatoms. The first kappa shape index (κ1) is 14.5. The summed E-state index contributed by atoms with van der Waals surface area (Å²) in [5, 5.41) is 8.66. The number of nitrogens with zero attached hydrogens (tertiary/aromatic N) is 1. The van der Waals surface area contributed by atoms with E-state index >= 15 is 0 Å². The molecule has 0 aliphatic carbocycles. The third kappa shape index (κ3) is 4.75. The number of benzene rings is 1. The quantitative estimate of drug-likeness (QED) is 0.775. The molecule has 0 heterocycles. The summed E-state index contributed by atoms with van der Waals surface area (Å²) in [6.07, 6.45) is 2.22. The second kappa shape index (κ2) is 7.01. The Bertz CT molecular complexity index is 376. The van der Waals surface area contributed by atoms with Gasteiger partial charge in [0, 0.05) is 25.3 Å². The van der Waals surface area contributed by atoms with Crippen LogP contribution in [-0.4, -0.2) is 30.7 Å². The zero-order chi connectivity index (χ0) is 13.5. The minimum Gasteiger partial charge on any atom is -0.481 e. The van der Waals surface area contributed by atoms with Crippen LogP contribution in [0.1, 0.15) is 25.3 Å². The third-order valence-corrected chi connectivity index (χ3v) is 2.86. The fourth-order valence-electron chi connectivity index (χ4n) is 1.95. The maximum absolute atomic E-state index is 10.5. The summed E-state index contributed by atoms with van der Waals surface area (Å²) in [6, 6.07) is 7.98. The summed E-state index contributed by atoms with van der Waals surface area (Å²) in [6.45, 7) is 2.70. The van der Waals surface area contributed by atoms with Gasteiger partial charge in [-0.1, -0.05) is 25.5 Å². The molecule has 0 aliphatic heterocycles. The summed E-state index contributed by atoms with van der Waals surface area (Å²) in [4.78, 5) is 12.5. The second-order valence-corrected chi connectivity index (χ2v) is 4.65. The molecule has 0 aromatic heterocycles. The molecule has 0 radical (unpaired) electrons. The van der Waals surface area contributed by atoms with Crippen molar-refractivity contribution in [2.24, 2.45) is 5.73 Å². The van der Waals surface area contributed by atoms with Gasteiger partial charge in [-0.25, -0.2) is 0 Å². The van der Waals surface area contributed by atoms with E-state index in [9.17, 15) is 4.79 Å². The van der Waals surface area contributed by atoms with Gasteiger partial charge in [-0.3, -0.25) is 4.79 Å². The highest BCUT2D eigenvalue weighted by molar-refractivity contribution is 5.67. The normalized spacial score (nSPS) is 12.2. The van der Waals surface area contributed by atoms with E-state index in [0.29, 0.717) is 6.54 Å². The van der Waals surface area contributed by atoms with Crippen LogP contribution < -0.4 is 10.6 Å². The number of rotatable bonds is 7. The van der Waals surface area contributed by atoms with Gasteiger partial charge in [0.25, 0.3) is 0 Å². The van der Waals surface area contributed by atoms with Gasteiger partial charge in [-0.15, -0.1) is 0 Å². The molecule has 1 unspecified atom stereocenters. The third-order valence-electron chi connectivity index (χ3n) is 2.86. The van der Waals surface area contributed by atoms with E-state index in [-0.39, 0.29) is 12.5 Å². The summed E-state index contributed by atoms with van der Waals surface area (Å²) >= 11 is 0. The highest BCUT2D eigenvalue weighted by Gasteiger charge is 2.11. The maximum atomic E-state index is 10.5. The van der Waals surface area contributed by atoms with Crippen LogP contribution in [0.4, 0.5) is 5.69 Å². The summed E-state index contributed by atoms with van der Waals surface area (Å²) in [7, 11) is 1.93. The van der Waals surface area contributed by atoms with E-state index in [2.05, 4.69) is 31.2 Å². The second-order valence-electron chi connectivity index (χ2n) is 4.65. The fourth-order valence-corrected chi connectivity index (χ4v) is 1.95. The van der Waals surface area contributed by atoms with Crippen molar-refractivity contribution < 1.29 is 9.90 Å². The van der Waals surface area contributed by atoms with Gasteiger partial charge in [0.2, 0.25) is 0 Å². The predicted molar refractivity (Wildman–Crippen MR) is 73.9 cm³/mol. The lowest BCUT2D eigenvalue weighted by Gasteiger charge is -2.22. The fraction of sp³-hybridized carbons (Fsp3) is 0.500. The van der Waals surface area contributed by atoms with E-state index in [4.69, 9.17) is 10.8 Å². The molecule has 0 spiro atoms. The first-order chi connectivity index (χ1) is 8.52. The molecule has 1 rings (SSSR count). The van der Waals surface area contributed by atoms with Gasteiger partial charge in [0.05, 0.1) is 6.42 Å². The van der Waals surface area contributed by atoms with Gasteiger partial charge in [-0.2, -0.15) is 0 Å². The van der Waals surface area contributed by atoms with Crippen LogP contribution in [0.25, 0.3) is 0 Å². The van der Waals surface area contributed by atoms with Crippen molar-refractivity contribution in [1.82, 2.24) is 0 Å². The molecule has 4 nitrogen and oxygen atoms in total. The summed E-state index contributed by atoms with van der Waals surface area (Å²) < 4.78 is 0. The number of anilines is 1. The standard InChI is InChI=1S/C14H22N2O2/c1-3-4-11-5-7-13(8-6-11)16(2)10-12(15)9-14(17)18/h5-8,12H,3-4,9-10,15H2,1-2H3,(H,17,18). The molecule has 0 amide bonds. The number of nitrogens with two attached hydrogens (primary N) is 1. The Hall–Kier alpha value is -1.55. The lowest BCUT2D eigenvalue weighted by Crippen LogP contribution is -2.36. The Morgan fingerprint density at radius 1 is 1.39 bits per heavy atom. The largest absolute Gasteiger partial charge is 0.481 e. The van der Waals surface area contributed by atoms with Crippen LogP contribution in [0.5, 0.6) is 0 Å². The minimum atomic E-state index is -0.853. The lowest BCUT2D eigenvalue weighted by atomic mass is 10.1. The van der Waals surface area contributed by atoms with Crippen molar-refractivity contribution >= 4 is 11.7 Å². The highest BCUT2D eigenvalue weighted by atomic mass is 16.4. The molecule has 1 aromatic rings. The minimum absolute atomic E-state index is 0.00173. The number of aliphatic carboxylic acids is 1. The number of hydrogen-bond acceptors (Lipinski definition) is 3. The Labute approximate surface area is 108 Å². The van der Waals surface area contributed by atoms with E-state index in [1.54, 1.807) is 0 Å². The SMILES string of the molecule is CCCc1ccc(N(C)CC(N)CC(=O)O)cc1. The number of carboxylic acids is 1. The van der Waals surface area contributed by atoms with Crippen molar-refractivity contribution in [3.05, 3.63) is 29.8 Å². The first-order valence-electron chi connectivity index (χ1n) is 6.30. The van der Waals surface area contributed by atoms with Crippen LogP contribution in [0.15, 0.2) is 24.3 Å². The van der Waals surface area contributed by atoms with Crippen LogP contribution in [-0.2, 0) is 11.2 Å². The van der Waals surface area contributed by atoms with Gasteiger partial charge in [0.1, 0.15) is 0 Å². The topological polar surface area (TPSA) is 66.6 Å². The molecule has 100 valence electrons. The van der Waals surface area contributed by atoms with Crippen molar-refractivity contribution in [2.45, 2.75) is 32.2 Å². The van der Waals surface area contributed by atoms with Gasteiger partial charge < -0.3 is 15.7 Å². The van der Waals surface area contributed by atoms with Crippen LogP contribution in [0, 0.1) is 0 Å². The van der Waals surface area contributed by atoms with E-state index in [0.717, 1.165) is 18.5 Å². The summed E-state index contributed by atoms with van der Waals surface area (Å²) in [5.41, 5.74) is 8.16. The highest BCUT2D eigenvalue weighted by Crippen LogP contribution is 2.15. The molecule has 0 bridgehead atoms. The van der Waals surface area contributed by atoms with E-state index in [1.165, 1.54) is 5.56 Å². The van der Waals surface area contributed by atoms with Crippen molar-refractivity contribution in [3.8, 4) is 0 Å². The van der Waals surface area contributed by atoms with Crippen LogP contribution in [0.2, 0.25) is 0 Å². The zero-order valence-electron chi connectivity index (χ0n) is 11.1. The number of carbonyl (C=O) groups is 1.